The van der Waals surface area contributed by atoms with E-state index in [-0.39, 0.29) is 18.7 Å². The van der Waals surface area contributed by atoms with E-state index < -0.39 is 47.6 Å². The second-order valence-electron chi connectivity index (χ2n) is 8.03. The number of hydrogen-bond acceptors (Lipinski definition) is 4. The van der Waals surface area contributed by atoms with E-state index in [1.165, 1.54) is 16.0 Å². The Hall–Kier alpha value is -4.58. The Morgan fingerprint density at radius 2 is 1.60 bits per heavy atom. The molecule has 0 N–H and O–H groups in total. The molecule has 174 valence electrons. The van der Waals surface area contributed by atoms with Gasteiger partial charge >= 0.3 is 6.03 Å². The highest BCUT2D eigenvalue weighted by molar-refractivity contribution is 6.19. The number of urea groups is 1. The number of carbonyl (C=O) groups is 3. The number of rotatable bonds is 2. The molecule has 5 rings (SSSR count). The third kappa shape index (κ3) is 4.10. The second kappa shape index (κ2) is 8.99. The minimum Gasteiger partial charge on any atom is -0.310 e. The molecule has 0 aliphatic carbocycles. The van der Waals surface area contributed by atoms with Gasteiger partial charge in [0.1, 0.15) is 11.7 Å². The van der Waals surface area contributed by atoms with E-state index in [1.807, 2.05) is 6.07 Å². The van der Waals surface area contributed by atoms with E-state index in [4.69, 9.17) is 0 Å². The quantitative estimate of drug-likeness (QED) is 0.537. The normalized spacial score (nSPS) is 17.7. The molecule has 1 aromatic heterocycles. The summed E-state index contributed by atoms with van der Waals surface area (Å²) in [5.41, 5.74) is 0.497. The third-order valence-corrected chi connectivity index (χ3v) is 5.87. The fourth-order valence-corrected chi connectivity index (χ4v) is 4.21. The number of aromatic nitrogens is 1. The zero-order chi connectivity index (χ0) is 24.5. The predicted octanol–water partition coefficient (Wildman–Crippen LogP) is 3.33. The summed E-state index contributed by atoms with van der Waals surface area (Å²) in [6.07, 6.45) is 2.69. The van der Waals surface area contributed by atoms with Crippen LogP contribution in [-0.4, -0.2) is 46.9 Å². The van der Waals surface area contributed by atoms with Crippen molar-refractivity contribution < 1.29 is 23.2 Å². The number of piperazine rings is 1. The van der Waals surface area contributed by atoms with E-state index >= 15 is 0 Å². The maximum Gasteiger partial charge on any atom is 0.332 e. The lowest BCUT2D eigenvalue weighted by Gasteiger charge is -2.45. The molecule has 0 saturated carbocycles. The van der Waals surface area contributed by atoms with E-state index in [9.17, 15) is 23.2 Å². The highest BCUT2D eigenvalue weighted by Gasteiger charge is 2.48. The predicted molar refractivity (Wildman–Crippen MR) is 123 cm³/mol. The van der Waals surface area contributed by atoms with Gasteiger partial charge in [-0.25, -0.2) is 18.5 Å². The van der Waals surface area contributed by atoms with Gasteiger partial charge in [-0.1, -0.05) is 30.0 Å². The van der Waals surface area contributed by atoms with Crippen molar-refractivity contribution in [1.29, 1.82) is 0 Å². The molecule has 0 bridgehead atoms. The molecule has 2 aromatic carbocycles. The van der Waals surface area contributed by atoms with Crippen LogP contribution in [0.25, 0.3) is 0 Å². The van der Waals surface area contributed by atoms with Crippen molar-refractivity contribution in [2.45, 2.75) is 12.5 Å². The third-order valence-electron chi connectivity index (χ3n) is 5.87. The molecule has 9 heteroatoms. The van der Waals surface area contributed by atoms with Crippen LogP contribution in [0, 0.1) is 23.5 Å². The van der Waals surface area contributed by atoms with Crippen LogP contribution in [-0.2, 0) is 9.59 Å². The highest BCUT2D eigenvalue weighted by Crippen LogP contribution is 2.32. The van der Waals surface area contributed by atoms with Crippen LogP contribution < -0.4 is 9.80 Å². The van der Waals surface area contributed by atoms with Gasteiger partial charge in [-0.2, -0.15) is 0 Å². The first-order valence-electron chi connectivity index (χ1n) is 10.8. The van der Waals surface area contributed by atoms with Crippen LogP contribution in [0.5, 0.6) is 0 Å². The number of benzene rings is 2. The number of carbonyl (C=O) groups excluding carboxylic acids is 3. The number of nitrogens with zero attached hydrogens (tertiary/aromatic N) is 4. The molecule has 2 aliphatic rings. The number of fused-ring (bicyclic) bond motifs is 1. The molecule has 4 amide bonds. The van der Waals surface area contributed by atoms with Gasteiger partial charge in [0, 0.05) is 30.4 Å². The zero-order valence-corrected chi connectivity index (χ0v) is 18.3. The van der Waals surface area contributed by atoms with Crippen molar-refractivity contribution in [3.05, 3.63) is 89.8 Å². The number of imide groups is 1. The molecule has 1 atom stereocenters. The van der Waals surface area contributed by atoms with E-state index in [0.29, 0.717) is 16.2 Å². The minimum absolute atomic E-state index is 0.0580. The van der Waals surface area contributed by atoms with Crippen LogP contribution in [0.3, 0.4) is 0 Å². The van der Waals surface area contributed by atoms with Crippen LogP contribution in [0.1, 0.15) is 17.5 Å². The number of amides is 4. The first-order chi connectivity index (χ1) is 16.9. The van der Waals surface area contributed by atoms with Crippen molar-refractivity contribution in [1.82, 2.24) is 9.88 Å². The minimum atomic E-state index is -1.09. The van der Waals surface area contributed by atoms with Crippen molar-refractivity contribution in [2.75, 3.05) is 22.9 Å². The Morgan fingerprint density at radius 3 is 2.29 bits per heavy atom. The smallest absolute Gasteiger partial charge is 0.310 e. The summed E-state index contributed by atoms with van der Waals surface area (Å²) < 4.78 is 30.0. The van der Waals surface area contributed by atoms with Crippen molar-refractivity contribution >= 4 is 29.2 Å². The second-order valence-corrected chi connectivity index (χ2v) is 8.03. The van der Waals surface area contributed by atoms with E-state index in [1.54, 1.807) is 42.6 Å². The SMILES string of the molecule is O=C1C2CC(=O)N(c3c(F)cc(C#Cc4ccccc4)cc3F)C(=O)N2CCN1c1cccnc1. The lowest BCUT2D eigenvalue weighted by Crippen LogP contribution is -2.66. The Kier molecular flexibility index (Phi) is 5.71. The van der Waals surface area contributed by atoms with Crippen LogP contribution in [0.15, 0.2) is 67.0 Å². The molecule has 2 fully saturated rings. The summed E-state index contributed by atoms with van der Waals surface area (Å²) in [5.74, 6) is 1.99. The average molecular weight is 472 g/mol. The molecule has 3 aromatic rings. The van der Waals surface area contributed by atoms with Gasteiger partial charge in [0.05, 0.1) is 18.3 Å². The van der Waals surface area contributed by atoms with Gasteiger partial charge in [0.2, 0.25) is 5.91 Å². The molecule has 2 aliphatic heterocycles. The van der Waals surface area contributed by atoms with Gasteiger partial charge in [-0.15, -0.1) is 0 Å². The lowest BCUT2D eigenvalue weighted by molar-refractivity contribution is -0.131. The van der Waals surface area contributed by atoms with Gasteiger partial charge in [0.25, 0.3) is 5.91 Å². The summed E-state index contributed by atoms with van der Waals surface area (Å²) in [4.78, 5) is 46.2. The molecule has 1 unspecified atom stereocenters. The number of halogens is 2. The Labute approximate surface area is 199 Å². The van der Waals surface area contributed by atoms with Crippen molar-refractivity contribution in [2.24, 2.45) is 0 Å². The highest BCUT2D eigenvalue weighted by atomic mass is 19.1. The van der Waals surface area contributed by atoms with Crippen LogP contribution in [0.2, 0.25) is 0 Å². The van der Waals surface area contributed by atoms with Crippen molar-refractivity contribution in [3.63, 3.8) is 0 Å². The molecule has 0 radical (unpaired) electrons. The van der Waals surface area contributed by atoms with Crippen LogP contribution in [0.4, 0.5) is 25.0 Å². The fourth-order valence-electron chi connectivity index (χ4n) is 4.21. The molecular formula is C26H18F2N4O3. The van der Waals surface area contributed by atoms with Gasteiger partial charge < -0.3 is 9.80 Å². The summed E-state index contributed by atoms with van der Waals surface area (Å²) in [7, 11) is 0. The molecule has 2 saturated heterocycles. The number of anilines is 2. The average Bonchev–Trinajstić information content (AvgIpc) is 2.86. The largest absolute Gasteiger partial charge is 0.332 e. The monoisotopic (exact) mass is 472 g/mol. The topological polar surface area (TPSA) is 73.8 Å². The van der Waals surface area contributed by atoms with Gasteiger partial charge in [-0.3, -0.25) is 14.6 Å². The molecular weight excluding hydrogens is 454 g/mol. The lowest BCUT2D eigenvalue weighted by atomic mass is 10.0. The summed E-state index contributed by atoms with van der Waals surface area (Å²) in [6, 6.07) is 12.2. The molecule has 3 heterocycles. The van der Waals surface area contributed by atoms with Gasteiger partial charge in [-0.05, 0) is 36.4 Å². The summed E-state index contributed by atoms with van der Waals surface area (Å²) >= 11 is 0. The maximum atomic E-state index is 15.0. The first kappa shape index (κ1) is 22.2. The standard InChI is InChI=1S/C26H18F2N4O3/c27-20-13-18(9-8-17-5-2-1-3-6-17)14-21(28)24(20)32-23(33)15-22-25(34)30(11-12-31(22)26(32)35)19-7-4-10-29-16-19/h1-7,10,13-14,16,22H,11-12,15H2. The molecule has 7 nitrogen and oxygen atoms in total. The van der Waals surface area contributed by atoms with E-state index in [0.717, 1.165) is 12.1 Å². The Bertz CT molecular complexity index is 1360. The van der Waals surface area contributed by atoms with Gasteiger partial charge in [0.15, 0.2) is 11.6 Å². The molecule has 35 heavy (non-hydrogen) atoms. The van der Waals surface area contributed by atoms with E-state index in [2.05, 4.69) is 16.8 Å². The first-order valence-corrected chi connectivity index (χ1v) is 10.8. The zero-order valence-electron chi connectivity index (χ0n) is 18.3. The van der Waals surface area contributed by atoms with Crippen molar-refractivity contribution in [3.8, 4) is 11.8 Å². The number of pyridine rings is 1. The number of hydrogen-bond donors (Lipinski definition) is 0. The Balaban J connectivity index is 1.41. The summed E-state index contributed by atoms with van der Waals surface area (Å²) in [6.45, 7) is 0.256. The fraction of sp³-hybridized carbons (Fsp3) is 0.154. The van der Waals surface area contributed by atoms with Crippen LogP contribution >= 0.6 is 0 Å². The summed E-state index contributed by atoms with van der Waals surface area (Å²) in [5, 5.41) is 0. The molecule has 0 spiro atoms. The maximum absolute atomic E-state index is 15.0. The Morgan fingerprint density at radius 1 is 0.886 bits per heavy atom.